The van der Waals surface area contributed by atoms with Crippen LogP contribution < -0.4 is 0 Å². The van der Waals surface area contributed by atoms with Crippen LogP contribution in [0.1, 0.15) is 24.2 Å². The summed E-state index contributed by atoms with van der Waals surface area (Å²) in [4.78, 5) is 24.0. The highest BCUT2D eigenvalue weighted by molar-refractivity contribution is 5.95. The van der Waals surface area contributed by atoms with Crippen LogP contribution in [-0.4, -0.2) is 46.1 Å². The van der Waals surface area contributed by atoms with Gasteiger partial charge in [-0.15, -0.1) is 0 Å². The highest BCUT2D eigenvalue weighted by atomic mass is 16.6. The molecule has 0 saturated carbocycles. The molecular formula is C13H16N2O5. The molecule has 1 aliphatic heterocycles. The van der Waals surface area contributed by atoms with E-state index >= 15 is 0 Å². The van der Waals surface area contributed by atoms with E-state index in [-0.39, 0.29) is 23.6 Å². The second-order valence-electron chi connectivity index (χ2n) is 4.78. The van der Waals surface area contributed by atoms with Crippen molar-refractivity contribution in [1.29, 1.82) is 0 Å². The molecule has 0 radical (unpaired) electrons. The molecule has 1 heterocycles. The van der Waals surface area contributed by atoms with Crippen LogP contribution in [-0.2, 0) is 4.74 Å². The SMILES string of the molecule is C[C@H]1OCCN(C(=O)c2ccc([N+](=O)[O-])c(O)c2)[C@H]1C. The summed E-state index contributed by atoms with van der Waals surface area (Å²) < 4.78 is 5.45. The van der Waals surface area contributed by atoms with Gasteiger partial charge in [-0.1, -0.05) is 0 Å². The lowest BCUT2D eigenvalue weighted by Gasteiger charge is -2.37. The summed E-state index contributed by atoms with van der Waals surface area (Å²) in [6.07, 6.45) is -0.0701. The second kappa shape index (κ2) is 5.46. The molecule has 0 unspecified atom stereocenters. The first-order valence-corrected chi connectivity index (χ1v) is 6.31. The molecule has 2 rings (SSSR count). The van der Waals surface area contributed by atoms with Crippen molar-refractivity contribution in [1.82, 2.24) is 4.90 Å². The van der Waals surface area contributed by atoms with Gasteiger partial charge in [0.05, 0.1) is 23.7 Å². The molecule has 108 valence electrons. The van der Waals surface area contributed by atoms with Crippen molar-refractivity contribution in [3.63, 3.8) is 0 Å². The molecule has 0 aromatic heterocycles. The molecule has 1 fully saturated rings. The Balaban J connectivity index is 2.25. The highest BCUT2D eigenvalue weighted by Gasteiger charge is 2.30. The molecule has 1 aromatic rings. The fraction of sp³-hybridized carbons (Fsp3) is 0.462. The van der Waals surface area contributed by atoms with Crippen molar-refractivity contribution in [2.45, 2.75) is 26.0 Å². The Morgan fingerprint density at radius 2 is 2.20 bits per heavy atom. The number of hydrogen-bond acceptors (Lipinski definition) is 5. The number of morpholine rings is 1. The Labute approximate surface area is 115 Å². The van der Waals surface area contributed by atoms with Crippen molar-refractivity contribution in [2.75, 3.05) is 13.2 Å². The predicted octanol–water partition coefficient (Wildman–Crippen LogP) is 1.55. The number of phenolic OH excluding ortho intramolecular Hbond substituents is 1. The number of benzene rings is 1. The average Bonchev–Trinajstić information content (AvgIpc) is 2.40. The van der Waals surface area contributed by atoms with E-state index < -0.39 is 16.4 Å². The van der Waals surface area contributed by atoms with Crippen LogP contribution in [0.15, 0.2) is 18.2 Å². The molecule has 1 saturated heterocycles. The van der Waals surface area contributed by atoms with Gasteiger partial charge in [-0.2, -0.15) is 0 Å². The number of aromatic hydroxyl groups is 1. The number of carbonyl (C=O) groups is 1. The number of nitrogens with zero attached hydrogens (tertiary/aromatic N) is 2. The summed E-state index contributed by atoms with van der Waals surface area (Å²) >= 11 is 0. The predicted molar refractivity (Wildman–Crippen MR) is 70.7 cm³/mol. The Kier molecular flexibility index (Phi) is 3.89. The molecule has 0 aliphatic carbocycles. The van der Waals surface area contributed by atoms with Crippen LogP contribution in [0.2, 0.25) is 0 Å². The molecule has 1 aliphatic rings. The Bertz CT molecular complexity index is 546. The number of ether oxygens (including phenoxy) is 1. The summed E-state index contributed by atoms with van der Waals surface area (Å²) in [5.41, 5.74) is -0.181. The van der Waals surface area contributed by atoms with E-state index in [4.69, 9.17) is 4.74 Å². The van der Waals surface area contributed by atoms with Gasteiger partial charge in [0.15, 0.2) is 5.75 Å². The normalized spacial score (nSPS) is 22.6. The number of carbonyl (C=O) groups excluding carboxylic acids is 1. The topological polar surface area (TPSA) is 92.9 Å². The fourth-order valence-electron chi connectivity index (χ4n) is 2.20. The molecule has 0 spiro atoms. The summed E-state index contributed by atoms with van der Waals surface area (Å²) in [7, 11) is 0. The van der Waals surface area contributed by atoms with Crippen molar-refractivity contribution >= 4 is 11.6 Å². The van der Waals surface area contributed by atoms with E-state index in [2.05, 4.69) is 0 Å². The Morgan fingerprint density at radius 1 is 1.50 bits per heavy atom. The van der Waals surface area contributed by atoms with Crippen LogP contribution in [0.25, 0.3) is 0 Å². The van der Waals surface area contributed by atoms with Crippen molar-refractivity contribution in [2.24, 2.45) is 0 Å². The average molecular weight is 280 g/mol. The lowest BCUT2D eigenvalue weighted by atomic mass is 10.1. The van der Waals surface area contributed by atoms with Crippen LogP contribution >= 0.6 is 0 Å². The third-order valence-corrected chi connectivity index (χ3v) is 3.56. The zero-order valence-electron chi connectivity index (χ0n) is 11.3. The maximum atomic E-state index is 12.4. The second-order valence-corrected chi connectivity index (χ2v) is 4.78. The van der Waals surface area contributed by atoms with Crippen LogP contribution in [0, 0.1) is 10.1 Å². The Morgan fingerprint density at radius 3 is 2.80 bits per heavy atom. The smallest absolute Gasteiger partial charge is 0.310 e. The standard InChI is InChI=1S/C13H16N2O5/c1-8-9(2)20-6-5-14(8)13(17)10-3-4-11(15(18)19)12(16)7-10/h3-4,7-9,16H,5-6H2,1-2H3/t8-,9+/m0/s1. The number of nitro benzene ring substituents is 1. The maximum absolute atomic E-state index is 12.4. The summed E-state index contributed by atoms with van der Waals surface area (Å²) in [6.45, 7) is 4.68. The van der Waals surface area contributed by atoms with Crippen LogP contribution in [0.5, 0.6) is 5.75 Å². The van der Waals surface area contributed by atoms with E-state index in [0.29, 0.717) is 13.2 Å². The lowest BCUT2D eigenvalue weighted by molar-refractivity contribution is -0.385. The van der Waals surface area contributed by atoms with E-state index in [9.17, 15) is 20.0 Å². The maximum Gasteiger partial charge on any atom is 0.310 e. The summed E-state index contributed by atoms with van der Waals surface area (Å²) in [6, 6.07) is 3.53. The van der Waals surface area contributed by atoms with Crippen LogP contribution in [0.3, 0.4) is 0 Å². The number of rotatable bonds is 2. The molecule has 0 bridgehead atoms. The minimum atomic E-state index is -0.691. The van der Waals surface area contributed by atoms with Gasteiger partial charge in [-0.05, 0) is 26.0 Å². The number of nitro groups is 1. The van der Waals surface area contributed by atoms with Crippen molar-refractivity contribution in [3.8, 4) is 5.75 Å². The summed E-state index contributed by atoms with van der Waals surface area (Å²) in [5.74, 6) is -0.771. The van der Waals surface area contributed by atoms with Gasteiger partial charge < -0.3 is 14.7 Å². The third-order valence-electron chi connectivity index (χ3n) is 3.56. The van der Waals surface area contributed by atoms with Gasteiger partial charge in [0.1, 0.15) is 0 Å². The highest BCUT2D eigenvalue weighted by Crippen LogP contribution is 2.27. The van der Waals surface area contributed by atoms with E-state index in [1.54, 1.807) is 4.90 Å². The van der Waals surface area contributed by atoms with Gasteiger partial charge in [-0.25, -0.2) is 0 Å². The molecule has 1 N–H and O–H groups in total. The molecule has 7 heteroatoms. The number of hydrogen-bond donors (Lipinski definition) is 1. The molecule has 2 atom stereocenters. The number of amides is 1. The minimum absolute atomic E-state index is 0.0701. The monoisotopic (exact) mass is 280 g/mol. The van der Waals surface area contributed by atoms with Gasteiger partial charge in [0.25, 0.3) is 5.91 Å². The van der Waals surface area contributed by atoms with Gasteiger partial charge in [0, 0.05) is 18.2 Å². The minimum Gasteiger partial charge on any atom is -0.502 e. The number of phenols is 1. The van der Waals surface area contributed by atoms with E-state index in [1.165, 1.54) is 6.07 Å². The van der Waals surface area contributed by atoms with Gasteiger partial charge in [0.2, 0.25) is 0 Å². The first-order valence-electron chi connectivity index (χ1n) is 6.31. The lowest BCUT2D eigenvalue weighted by Crippen LogP contribution is -2.51. The van der Waals surface area contributed by atoms with Gasteiger partial charge in [-0.3, -0.25) is 14.9 Å². The molecule has 7 nitrogen and oxygen atoms in total. The van der Waals surface area contributed by atoms with Gasteiger partial charge >= 0.3 is 5.69 Å². The van der Waals surface area contributed by atoms with E-state index in [0.717, 1.165) is 12.1 Å². The molecule has 1 amide bonds. The zero-order valence-corrected chi connectivity index (χ0v) is 11.3. The zero-order chi connectivity index (χ0) is 14.9. The molecule has 1 aromatic carbocycles. The summed E-state index contributed by atoms with van der Waals surface area (Å²) in [5, 5.41) is 20.2. The Hall–Kier alpha value is -2.15. The van der Waals surface area contributed by atoms with Crippen molar-refractivity contribution < 1.29 is 19.6 Å². The molecule has 20 heavy (non-hydrogen) atoms. The quantitative estimate of drug-likeness (QED) is 0.655. The third kappa shape index (κ3) is 2.57. The molecular weight excluding hydrogens is 264 g/mol. The largest absolute Gasteiger partial charge is 0.502 e. The fourth-order valence-corrected chi connectivity index (χ4v) is 2.20. The van der Waals surface area contributed by atoms with E-state index in [1.807, 2.05) is 13.8 Å². The first kappa shape index (κ1) is 14.3. The van der Waals surface area contributed by atoms with Crippen LogP contribution in [0.4, 0.5) is 5.69 Å². The first-order chi connectivity index (χ1) is 9.41. The van der Waals surface area contributed by atoms with Crippen molar-refractivity contribution in [3.05, 3.63) is 33.9 Å².